The summed E-state index contributed by atoms with van der Waals surface area (Å²) in [5, 5.41) is 23.5. The van der Waals surface area contributed by atoms with Crippen LogP contribution in [0.1, 0.15) is 69.1 Å². The molecule has 11 rings (SSSR count). The maximum absolute atomic E-state index is 12.9. The molecule has 8 aromatic heterocycles. The van der Waals surface area contributed by atoms with Crippen molar-refractivity contribution >= 4 is 92.3 Å². The maximum atomic E-state index is 12.9. The minimum Gasteiger partial charge on any atom is -0.478 e. The molecule has 0 radical (unpaired) electrons. The first-order chi connectivity index (χ1) is 48.3. The quantitative estimate of drug-likeness (QED) is 0.0146. The number of carbonyl (C=O) groups excluding carboxylic acids is 4. The molecule has 506 valence electrons. The molecular weight excluding hydrogens is 1320 g/mol. The van der Waals surface area contributed by atoms with Gasteiger partial charge in [0.2, 0.25) is 0 Å². The van der Waals surface area contributed by atoms with Crippen LogP contribution in [0.2, 0.25) is 0 Å². The van der Waals surface area contributed by atoms with E-state index in [1.165, 1.54) is 4.34 Å². The topological polar surface area (TPSA) is 287 Å². The molecule has 20 nitrogen and oxygen atoms in total. The number of carbonyl (C=O) groups is 5. The van der Waals surface area contributed by atoms with Crippen LogP contribution in [-0.2, 0) is 37.8 Å². The fraction of sp³-hybridized carbons (Fsp3) is 0.130. The Labute approximate surface area is 582 Å². The number of aliphatic carboxylic acids is 1. The third kappa shape index (κ3) is 20.8. The number of H-pyrrole nitrogens is 2. The van der Waals surface area contributed by atoms with Crippen molar-refractivity contribution in [2.45, 2.75) is 41.5 Å². The fourth-order valence-electron chi connectivity index (χ4n) is 10.1. The molecule has 8 heterocycles. The Morgan fingerprint density at radius 2 is 0.870 bits per heavy atom. The van der Waals surface area contributed by atoms with Crippen molar-refractivity contribution in [2.75, 3.05) is 26.5 Å². The second-order valence-electron chi connectivity index (χ2n) is 21.7. The Balaban J connectivity index is 0.000000177. The molecule has 4 N–H and O–H groups in total. The number of carboxylic acid groups (broad SMARTS) is 1. The van der Waals surface area contributed by atoms with Crippen molar-refractivity contribution in [2.24, 2.45) is 0 Å². The van der Waals surface area contributed by atoms with E-state index in [1.54, 1.807) is 132 Å². The number of ether oxygens (including phenoxy) is 2. The number of nitrogens with zero attached hydrogens (tertiary/aromatic N) is 7. The Hall–Kier alpha value is -11.9. The van der Waals surface area contributed by atoms with E-state index in [1.807, 2.05) is 154 Å². The van der Waals surface area contributed by atoms with Crippen LogP contribution < -0.4 is 21.2 Å². The van der Waals surface area contributed by atoms with Crippen molar-refractivity contribution in [1.82, 2.24) is 43.9 Å². The van der Waals surface area contributed by atoms with Gasteiger partial charge in [-0.05, 0) is 198 Å². The zero-order chi connectivity index (χ0) is 72.0. The molecule has 100 heavy (non-hydrogen) atoms. The number of rotatable bonds is 19. The van der Waals surface area contributed by atoms with E-state index < -0.39 is 34.7 Å². The Bertz CT molecular complexity index is 4670. The van der Waals surface area contributed by atoms with E-state index >= 15 is 0 Å². The second-order valence-corrected chi connectivity index (χ2v) is 28.0. The lowest BCUT2D eigenvalue weighted by atomic mass is 10.1. The molecule has 0 saturated heterocycles. The summed E-state index contributed by atoms with van der Waals surface area (Å²) in [7, 11) is -3.16. The molecule has 23 heteroatoms. The Kier molecular flexibility index (Phi) is 28.8. The number of hydrogen-bond acceptors (Lipinski definition) is 14. The van der Waals surface area contributed by atoms with Gasteiger partial charge in [-0.2, -0.15) is 5.26 Å². The highest BCUT2D eigenvalue weighted by atomic mass is 31.2. The summed E-state index contributed by atoms with van der Waals surface area (Å²) in [6, 6.07) is 53.5. The number of nitrogens with one attached hydrogen (secondary N) is 3. The minimum atomic E-state index is -2.29. The summed E-state index contributed by atoms with van der Waals surface area (Å²) in [5.41, 5.74) is 11.8. The van der Waals surface area contributed by atoms with Gasteiger partial charge in [-0.15, -0.1) is 8.68 Å². The standard InChI is InChI=1S/C23H23O2P.C16H18N2O3P.C14H12N4O.C13H12N2O2.C11H10N2O2P/c1-3-25-23(24)19(2)26(20-13-7-4-8-14-20,21-15-9-5-10-16-21)22-17-11-6-12-18-22;1-4-21-16(19)12(2)9-15-10-14(11-18(15)22(3)20)13-5-7-17-8-6-13;1-10(14(19)18-9-15)6-13-7-12(8-17-13)11-2-4-16-5-3-11;1-9(13(16)17)6-12-7-11(8-15-12)10-2-4-14-5-3-10;1-16(15)13-7-10(6-11(13)8-14)9-2-4-12-5-3-9/h4-18H,3H2,1-2H3;5-11H,4H2,1-3H3;2-8,17H,1H3,(H,18,19);2-8,15H,1H3,(H,16,17);2-8H,1H3/q;+1;;;+1/b;12-9+;10-6+;9-6+;. The van der Waals surface area contributed by atoms with Gasteiger partial charge in [-0.3, -0.25) is 34.8 Å². The zero-order valence-electron chi connectivity index (χ0n) is 56.3. The van der Waals surface area contributed by atoms with Crippen LogP contribution in [0.25, 0.3) is 62.7 Å². The van der Waals surface area contributed by atoms with E-state index in [2.05, 4.69) is 71.6 Å². The van der Waals surface area contributed by atoms with Crippen molar-refractivity contribution < 1.29 is 47.7 Å². The summed E-state index contributed by atoms with van der Waals surface area (Å²) in [6.45, 7) is 12.0. The van der Waals surface area contributed by atoms with Gasteiger partial charge in [0.1, 0.15) is 5.69 Å². The normalized spacial score (nSPS) is 11.3. The number of aromatic amines is 2. The number of benzene rings is 3. The lowest BCUT2D eigenvalue weighted by molar-refractivity contribution is -0.138. The first-order valence-corrected chi connectivity index (χ1v) is 36.4. The average molecular weight is 1390 g/mol. The van der Waals surface area contributed by atoms with Gasteiger partial charge in [0.25, 0.3) is 5.91 Å². The van der Waals surface area contributed by atoms with Crippen LogP contribution >= 0.6 is 22.8 Å². The fourth-order valence-corrected chi connectivity index (χ4v) is 15.8. The molecule has 0 bridgehead atoms. The number of pyridine rings is 4. The predicted octanol–water partition coefficient (Wildman–Crippen LogP) is 14.7. The first kappa shape index (κ1) is 75.5. The van der Waals surface area contributed by atoms with E-state index in [0.29, 0.717) is 47.6 Å². The van der Waals surface area contributed by atoms with Gasteiger partial charge in [0.05, 0.1) is 31.3 Å². The van der Waals surface area contributed by atoms with E-state index in [0.717, 1.165) is 77.1 Å². The molecule has 2 atom stereocenters. The lowest BCUT2D eigenvalue weighted by Gasteiger charge is -2.31. The van der Waals surface area contributed by atoms with Crippen molar-refractivity contribution in [3.8, 4) is 50.7 Å². The van der Waals surface area contributed by atoms with Gasteiger partial charge in [0, 0.05) is 106 Å². The molecule has 0 saturated carbocycles. The molecule has 0 aliphatic carbocycles. The third-order valence-corrected chi connectivity index (χ3v) is 21.2. The van der Waals surface area contributed by atoms with Gasteiger partial charge in [-0.1, -0.05) is 91.0 Å². The van der Waals surface area contributed by atoms with E-state index in [-0.39, 0.29) is 11.9 Å². The Morgan fingerprint density at radius 1 is 0.510 bits per heavy atom. The van der Waals surface area contributed by atoms with Crippen molar-refractivity contribution in [3.05, 3.63) is 278 Å². The second kappa shape index (κ2) is 38.2. The first-order valence-electron chi connectivity index (χ1n) is 31.3. The maximum Gasteiger partial charge on any atom is 0.463 e. The predicted molar refractivity (Wildman–Crippen MR) is 398 cm³/mol. The van der Waals surface area contributed by atoms with E-state index in [4.69, 9.17) is 19.8 Å². The number of hydrogen-bond donors (Lipinski definition) is 4. The lowest BCUT2D eigenvalue weighted by Crippen LogP contribution is -2.33. The summed E-state index contributed by atoms with van der Waals surface area (Å²) in [6.07, 6.45) is 28.2. The van der Waals surface area contributed by atoms with Gasteiger partial charge in [0.15, 0.2) is 25.8 Å². The Morgan fingerprint density at radius 3 is 1.22 bits per heavy atom. The molecule has 11 aromatic rings. The van der Waals surface area contributed by atoms with Gasteiger partial charge >= 0.3 is 33.8 Å². The highest BCUT2D eigenvalue weighted by molar-refractivity contribution is 7.96. The van der Waals surface area contributed by atoms with Crippen molar-refractivity contribution in [3.63, 3.8) is 0 Å². The number of nitriles is 1. The monoisotopic (exact) mass is 1390 g/mol. The number of carboxylic acids is 1. The highest BCUT2D eigenvalue weighted by Gasteiger charge is 2.31. The molecule has 0 aliphatic heterocycles. The van der Waals surface area contributed by atoms with E-state index in [9.17, 15) is 33.1 Å². The smallest absolute Gasteiger partial charge is 0.463 e. The van der Waals surface area contributed by atoms with Crippen LogP contribution in [-0.4, -0.2) is 106 Å². The number of esters is 2. The summed E-state index contributed by atoms with van der Waals surface area (Å²) < 4.78 is 36.9. The minimum absolute atomic E-state index is 0.225. The van der Waals surface area contributed by atoms with Crippen LogP contribution in [0, 0.1) is 11.5 Å². The van der Waals surface area contributed by atoms with Crippen LogP contribution in [0.5, 0.6) is 0 Å². The molecule has 0 spiro atoms. The molecule has 2 unspecified atom stereocenters. The molecular formula is C77H75N10O10P3+2. The SMILES string of the molecule is C/C(=C\c1cc(-c2ccncc2)c[nH]1)C(=O)NC#N.C/C(=C\c1cc(-c2ccncc2)c[nH]1)C(=O)O.CCOC(=O)/C(C)=C/c1cc(-c2ccncc2)cn1[P+](C)=O.CCOC(=O)C(C)=P(c1ccccc1)(c1ccccc1)c1ccccc1.C[P+](=O)n1cc(-c2ccncc2)cc1C=O. The third-order valence-electron chi connectivity index (χ3n) is 14.9. The number of aromatic nitrogens is 8. The molecule has 0 fully saturated rings. The molecule has 3 aromatic carbocycles. The van der Waals surface area contributed by atoms with Crippen LogP contribution in [0.15, 0.2) is 255 Å². The van der Waals surface area contributed by atoms with Crippen molar-refractivity contribution in [1.29, 1.82) is 5.26 Å². The van der Waals surface area contributed by atoms with Crippen LogP contribution in [0.3, 0.4) is 0 Å². The largest absolute Gasteiger partial charge is 0.478 e. The van der Waals surface area contributed by atoms with Gasteiger partial charge in [-0.25, -0.2) is 14.4 Å². The number of amides is 1. The average Bonchev–Trinajstić information content (AvgIpc) is 0.962. The molecule has 1 amide bonds. The van der Waals surface area contributed by atoms with Gasteiger partial charge < -0.3 is 24.5 Å². The number of aldehydes is 1. The van der Waals surface area contributed by atoms with Crippen LogP contribution in [0.4, 0.5) is 0 Å². The summed E-state index contributed by atoms with van der Waals surface area (Å²) >= 11 is 0. The summed E-state index contributed by atoms with van der Waals surface area (Å²) in [5.74, 6) is -1.91. The molecule has 0 aliphatic rings. The highest BCUT2D eigenvalue weighted by Crippen LogP contribution is 2.46. The zero-order valence-corrected chi connectivity index (χ0v) is 59.0. The summed E-state index contributed by atoms with van der Waals surface area (Å²) in [4.78, 5) is 79.4.